The van der Waals surface area contributed by atoms with Crippen molar-refractivity contribution >= 4 is 21.5 Å². The molecule has 1 saturated heterocycles. The topological polar surface area (TPSA) is 88.3 Å². The summed E-state index contributed by atoms with van der Waals surface area (Å²) < 4.78 is 28.6. The molecule has 2 heterocycles. The lowest BCUT2D eigenvalue weighted by Gasteiger charge is -2.30. The highest BCUT2D eigenvalue weighted by Gasteiger charge is 2.27. The largest absolute Gasteiger partial charge is 0.330 e. The zero-order valence-corrected chi connectivity index (χ0v) is 13.3. The molecule has 1 fully saturated rings. The molecule has 1 aliphatic rings. The van der Waals surface area contributed by atoms with Gasteiger partial charge in [0.15, 0.2) is 0 Å². The van der Waals surface area contributed by atoms with E-state index in [4.69, 9.17) is 5.73 Å². The van der Waals surface area contributed by atoms with Crippen LogP contribution in [0.2, 0.25) is 0 Å². The van der Waals surface area contributed by atoms with E-state index >= 15 is 0 Å². The van der Waals surface area contributed by atoms with Crippen LogP contribution in [-0.2, 0) is 10.2 Å². The highest BCUT2D eigenvalue weighted by molar-refractivity contribution is 7.87. The van der Waals surface area contributed by atoms with Gasteiger partial charge in [-0.05, 0) is 25.3 Å². The van der Waals surface area contributed by atoms with E-state index in [2.05, 4.69) is 9.71 Å². The molecule has 0 spiro atoms. The van der Waals surface area contributed by atoms with Gasteiger partial charge in [-0.1, -0.05) is 6.92 Å². The van der Waals surface area contributed by atoms with E-state index in [9.17, 15) is 8.42 Å². The maximum absolute atomic E-state index is 12.2. The fourth-order valence-corrected chi connectivity index (χ4v) is 4.31. The maximum atomic E-state index is 12.2. The molecule has 114 valence electrons. The molecule has 20 heavy (non-hydrogen) atoms. The minimum absolute atomic E-state index is 0.0892. The smallest absolute Gasteiger partial charge is 0.279 e. The van der Waals surface area contributed by atoms with E-state index in [1.807, 2.05) is 12.3 Å². The van der Waals surface area contributed by atoms with Gasteiger partial charge in [0.05, 0.1) is 5.01 Å². The van der Waals surface area contributed by atoms with Crippen molar-refractivity contribution in [2.75, 3.05) is 26.2 Å². The Kier molecular flexibility index (Phi) is 5.50. The van der Waals surface area contributed by atoms with Crippen LogP contribution < -0.4 is 10.5 Å². The number of nitrogens with two attached hydrogens (primary N) is 1. The molecule has 1 atom stereocenters. The van der Waals surface area contributed by atoms with Crippen molar-refractivity contribution in [3.63, 3.8) is 0 Å². The summed E-state index contributed by atoms with van der Waals surface area (Å²) >= 11 is 1.55. The van der Waals surface area contributed by atoms with Gasteiger partial charge in [0, 0.05) is 37.1 Å². The Morgan fingerprint density at radius 1 is 1.55 bits per heavy atom. The van der Waals surface area contributed by atoms with Crippen molar-refractivity contribution in [2.45, 2.75) is 25.7 Å². The molecule has 2 rings (SSSR count). The van der Waals surface area contributed by atoms with Crippen LogP contribution in [0.15, 0.2) is 11.6 Å². The third-order valence-electron chi connectivity index (χ3n) is 3.69. The van der Waals surface area contributed by atoms with E-state index in [1.165, 1.54) is 4.31 Å². The molecule has 3 N–H and O–H groups in total. The average Bonchev–Trinajstić information content (AvgIpc) is 2.99. The molecule has 6 nitrogen and oxygen atoms in total. The molecule has 1 aliphatic heterocycles. The van der Waals surface area contributed by atoms with Crippen LogP contribution in [0.5, 0.6) is 0 Å². The van der Waals surface area contributed by atoms with Crippen molar-refractivity contribution in [3.05, 3.63) is 16.6 Å². The van der Waals surface area contributed by atoms with Crippen molar-refractivity contribution < 1.29 is 8.42 Å². The summed E-state index contributed by atoms with van der Waals surface area (Å²) in [6, 6.07) is 0. The van der Waals surface area contributed by atoms with Gasteiger partial charge >= 0.3 is 0 Å². The predicted molar refractivity (Wildman–Crippen MR) is 80.8 cm³/mol. The number of hydrogen-bond acceptors (Lipinski definition) is 5. The molecule has 0 radical (unpaired) electrons. The van der Waals surface area contributed by atoms with E-state index < -0.39 is 10.2 Å². The van der Waals surface area contributed by atoms with Crippen molar-refractivity contribution in [1.82, 2.24) is 14.0 Å². The van der Waals surface area contributed by atoms with Crippen LogP contribution in [-0.4, -0.2) is 43.9 Å². The van der Waals surface area contributed by atoms with Crippen LogP contribution in [0.25, 0.3) is 0 Å². The Morgan fingerprint density at radius 2 is 2.25 bits per heavy atom. The van der Waals surface area contributed by atoms with E-state index in [-0.39, 0.29) is 5.92 Å². The Hall–Kier alpha value is -0.540. The summed E-state index contributed by atoms with van der Waals surface area (Å²) in [6.07, 6.45) is 3.43. The first-order valence-corrected chi connectivity index (χ1v) is 9.19. The van der Waals surface area contributed by atoms with Crippen LogP contribution in [0, 0.1) is 5.92 Å². The minimum atomic E-state index is -3.38. The lowest BCUT2D eigenvalue weighted by atomic mass is 9.99. The van der Waals surface area contributed by atoms with Gasteiger partial charge in [0.2, 0.25) is 0 Å². The lowest BCUT2D eigenvalue weighted by molar-refractivity contribution is 0.275. The quantitative estimate of drug-likeness (QED) is 0.810. The van der Waals surface area contributed by atoms with Gasteiger partial charge in [0.1, 0.15) is 0 Å². The first-order valence-electron chi connectivity index (χ1n) is 6.87. The first-order chi connectivity index (χ1) is 9.53. The normalized spacial score (nSPS) is 20.1. The van der Waals surface area contributed by atoms with Crippen molar-refractivity contribution in [2.24, 2.45) is 11.7 Å². The summed E-state index contributed by atoms with van der Waals surface area (Å²) in [5.74, 6) is 0.544. The highest BCUT2D eigenvalue weighted by atomic mass is 32.2. The minimum Gasteiger partial charge on any atom is -0.330 e. The number of nitrogens with zero attached hydrogens (tertiary/aromatic N) is 2. The molecule has 1 aromatic rings. The third-order valence-corrected chi connectivity index (χ3v) is 6.28. The second-order valence-corrected chi connectivity index (χ2v) is 7.88. The first kappa shape index (κ1) is 15.8. The molecule has 0 aromatic carbocycles. The third kappa shape index (κ3) is 3.98. The molecule has 1 aromatic heterocycles. The molecule has 1 unspecified atom stereocenters. The van der Waals surface area contributed by atoms with Crippen LogP contribution in [0.3, 0.4) is 0 Å². The predicted octanol–water partition coefficient (Wildman–Crippen LogP) is 0.752. The summed E-state index contributed by atoms with van der Waals surface area (Å²) in [5.41, 5.74) is 5.62. The SMILES string of the molecule is CC(CNS(=O)(=O)N1CCC(CN)CC1)c1nccs1. The molecule has 0 amide bonds. The molecular weight excluding hydrogens is 296 g/mol. The Labute approximate surface area is 124 Å². The van der Waals surface area contributed by atoms with Crippen LogP contribution >= 0.6 is 11.3 Å². The van der Waals surface area contributed by atoms with Crippen molar-refractivity contribution in [3.8, 4) is 0 Å². The van der Waals surface area contributed by atoms with E-state index in [0.29, 0.717) is 32.1 Å². The fraction of sp³-hybridized carbons (Fsp3) is 0.750. The second-order valence-electron chi connectivity index (χ2n) is 5.20. The van der Waals surface area contributed by atoms with Gasteiger partial charge in [0.25, 0.3) is 10.2 Å². The number of nitrogens with one attached hydrogen (secondary N) is 1. The molecule has 0 saturated carbocycles. The van der Waals surface area contributed by atoms with Gasteiger partial charge in [-0.2, -0.15) is 12.7 Å². The average molecular weight is 318 g/mol. The Bertz CT molecular complexity index is 496. The molecule has 8 heteroatoms. The number of thiazole rings is 1. The molecule has 0 aliphatic carbocycles. The molecular formula is C12H22N4O2S2. The number of hydrogen-bond donors (Lipinski definition) is 2. The number of aromatic nitrogens is 1. The fourth-order valence-electron chi connectivity index (χ4n) is 2.27. The van der Waals surface area contributed by atoms with E-state index in [1.54, 1.807) is 17.5 Å². The van der Waals surface area contributed by atoms with E-state index in [0.717, 1.165) is 17.8 Å². The highest BCUT2D eigenvalue weighted by Crippen LogP contribution is 2.19. The van der Waals surface area contributed by atoms with Gasteiger partial charge in [-0.15, -0.1) is 11.3 Å². The summed E-state index contributed by atoms with van der Waals surface area (Å²) in [6.45, 7) is 4.11. The number of rotatable bonds is 6. The lowest BCUT2D eigenvalue weighted by Crippen LogP contribution is -2.46. The second kappa shape index (κ2) is 6.95. The standard InChI is InChI=1S/C12H22N4O2S2/c1-10(12-14-4-7-19-12)9-15-20(17,18)16-5-2-11(8-13)3-6-16/h4,7,10-11,15H,2-3,5-6,8-9,13H2,1H3. The maximum Gasteiger partial charge on any atom is 0.279 e. The zero-order valence-electron chi connectivity index (χ0n) is 11.7. The zero-order chi connectivity index (χ0) is 14.6. The number of piperidine rings is 1. The van der Waals surface area contributed by atoms with Crippen LogP contribution in [0.1, 0.15) is 30.7 Å². The van der Waals surface area contributed by atoms with Crippen LogP contribution in [0.4, 0.5) is 0 Å². The monoisotopic (exact) mass is 318 g/mol. The summed E-state index contributed by atoms with van der Waals surface area (Å²) in [4.78, 5) is 4.21. The van der Waals surface area contributed by atoms with Gasteiger partial charge < -0.3 is 5.73 Å². The Balaban J connectivity index is 1.85. The summed E-state index contributed by atoms with van der Waals surface area (Å²) in [5, 5.41) is 2.85. The Morgan fingerprint density at radius 3 is 2.80 bits per heavy atom. The van der Waals surface area contributed by atoms with Gasteiger partial charge in [-0.3, -0.25) is 0 Å². The molecule has 0 bridgehead atoms. The summed E-state index contributed by atoms with van der Waals surface area (Å²) in [7, 11) is -3.38. The van der Waals surface area contributed by atoms with Gasteiger partial charge in [-0.25, -0.2) is 9.71 Å². The van der Waals surface area contributed by atoms with Crippen molar-refractivity contribution in [1.29, 1.82) is 0 Å².